The molecule has 3 aliphatic heterocycles. The standard InChI is InChI=1S/C30H41BrN4O4/c1-3-4-17-34(2)18-8-19-35-26(28(37)33-21-9-6-5-7-10-21)30-16-15-23(39-30)24(25(30)29(35)38)27(36)32-22-13-11-20(31)12-14-22/h11-16,21,23-26H,3-10,17-19H2,1-2H3,(H,32,36)(H,33,37)/t23-,24-,25-,26-,30+/m1/s1. The number of likely N-dealkylation sites (tertiary alicyclic amines) is 1. The molecule has 3 heterocycles. The lowest BCUT2D eigenvalue weighted by molar-refractivity contribution is -0.141. The lowest BCUT2D eigenvalue weighted by Crippen LogP contribution is -2.56. The van der Waals surface area contributed by atoms with Crippen LogP contribution in [0.1, 0.15) is 58.3 Å². The van der Waals surface area contributed by atoms with Gasteiger partial charge < -0.3 is 25.2 Å². The normalized spacial score (nSPS) is 29.7. The number of carbonyl (C=O) groups excluding carboxylic acids is 3. The average molecular weight is 602 g/mol. The lowest BCUT2D eigenvalue weighted by atomic mass is 9.74. The Morgan fingerprint density at radius 3 is 2.54 bits per heavy atom. The summed E-state index contributed by atoms with van der Waals surface area (Å²) in [5.74, 6) is -1.97. The summed E-state index contributed by atoms with van der Waals surface area (Å²) >= 11 is 3.42. The van der Waals surface area contributed by atoms with Gasteiger partial charge in [-0.25, -0.2) is 0 Å². The number of carbonyl (C=O) groups is 3. The number of hydrogen-bond acceptors (Lipinski definition) is 5. The third kappa shape index (κ3) is 5.68. The highest BCUT2D eigenvalue weighted by molar-refractivity contribution is 9.10. The highest BCUT2D eigenvalue weighted by Gasteiger charge is 2.72. The Kier molecular flexibility index (Phi) is 8.79. The minimum absolute atomic E-state index is 0.123. The van der Waals surface area contributed by atoms with Gasteiger partial charge in [-0.05, 0) is 70.1 Å². The Balaban J connectivity index is 1.37. The van der Waals surface area contributed by atoms with Crippen molar-refractivity contribution in [1.82, 2.24) is 15.1 Å². The van der Waals surface area contributed by atoms with Crippen LogP contribution in [-0.4, -0.2) is 78.0 Å². The van der Waals surface area contributed by atoms with Crippen LogP contribution in [0.15, 0.2) is 40.9 Å². The first-order valence-electron chi connectivity index (χ1n) is 14.6. The SMILES string of the molecule is CCCCN(C)CCCN1C(=O)[C@H]2[C@H](C(=O)Nc3ccc(Br)cc3)[C@H]3C=C[C@@]2(O3)[C@H]1C(=O)NC1CCCCC1. The number of halogens is 1. The van der Waals surface area contributed by atoms with Crippen LogP contribution in [0.2, 0.25) is 0 Å². The number of ether oxygens (including phenoxy) is 1. The molecule has 5 atom stereocenters. The molecule has 3 amide bonds. The third-order valence-electron chi connectivity index (χ3n) is 8.82. The van der Waals surface area contributed by atoms with Gasteiger partial charge in [-0.3, -0.25) is 14.4 Å². The summed E-state index contributed by atoms with van der Waals surface area (Å²) in [5.41, 5.74) is -0.455. The molecule has 2 bridgehead atoms. The Hall–Kier alpha value is -2.23. The molecule has 2 N–H and O–H groups in total. The molecular formula is C30H41BrN4O4. The Bertz CT molecular complexity index is 1090. The quantitative estimate of drug-likeness (QED) is 0.373. The topological polar surface area (TPSA) is 91.0 Å². The van der Waals surface area contributed by atoms with E-state index in [1.54, 1.807) is 4.90 Å². The second kappa shape index (κ2) is 12.1. The van der Waals surface area contributed by atoms with E-state index in [1.165, 1.54) is 6.42 Å². The summed E-state index contributed by atoms with van der Waals surface area (Å²) in [7, 11) is 2.10. The lowest BCUT2D eigenvalue weighted by Gasteiger charge is -2.34. The fourth-order valence-corrected chi connectivity index (χ4v) is 7.11. The summed E-state index contributed by atoms with van der Waals surface area (Å²) in [6, 6.07) is 6.71. The Morgan fingerprint density at radius 1 is 1.10 bits per heavy atom. The van der Waals surface area contributed by atoms with Gasteiger partial charge in [-0.2, -0.15) is 0 Å². The van der Waals surface area contributed by atoms with Crippen LogP contribution in [-0.2, 0) is 19.1 Å². The van der Waals surface area contributed by atoms with Crippen LogP contribution in [0.25, 0.3) is 0 Å². The Morgan fingerprint density at radius 2 is 1.82 bits per heavy atom. The van der Waals surface area contributed by atoms with E-state index in [9.17, 15) is 14.4 Å². The van der Waals surface area contributed by atoms with E-state index in [1.807, 2.05) is 36.4 Å². The Labute approximate surface area is 240 Å². The maximum absolute atomic E-state index is 14.1. The minimum atomic E-state index is -1.11. The molecule has 1 spiro atoms. The zero-order valence-electron chi connectivity index (χ0n) is 23.0. The third-order valence-corrected chi connectivity index (χ3v) is 9.35. The second-order valence-corrected chi connectivity index (χ2v) is 12.5. The van der Waals surface area contributed by atoms with Gasteiger partial charge >= 0.3 is 0 Å². The molecule has 0 unspecified atom stereocenters. The van der Waals surface area contributed by atoms with Crippen molar-refractivity contribution in [3.05, 3.63) is 40.9 Å². The van der Waals surface area contributed by atoms with Gasteiger partial charge in [0, 0.05) is 22.7 Å². The van der Waals surface area contributed by atoms with E-state index in [2.05, 4.69) is 45.4 Å². The first kappa shape index (κ1) is 28.3. The molecule has 212 valence electrons. The van der Waals surface area contributed by atoms with E-state index < -0.39 is 29.6 Å². The van der Waals surface area contributed by atoms with Gasteiger partial charge in [-0.15, -0.1) is 0 Å². The number of hydrogen-bond donors (Lipinski definition) is 2. The highest BCUT2D eigenvalue weighted by atomic mass is 79.9. The molecule has 39 heavy (non-hydrogen) atoms. The number of fused-ring (bicyclic) bond motifs is 1. The molecule has 1 aliphatic carbocycles. The van der Waals surface area contributed by atoms with Crippen LogP contribution < -0.4 is 10.6 Å². The fraction of sp³-hybridized carbons (Fsp3) is 0.633. The van der Waals surface area contributed by atoms with Crippen LogP contribution in [0.5, 0.6) is 0 Å². The van der Waals surface area contributed by atoms with Crippen LogP contribution in [0.4, 0.5) is 5.69 Å². The van der Waals surface area contributed by atoms with Crippen molar-refractivity contribution >= 4 is 39.3 Å². The largest absolute Gasteiger partial charge is 0.359 e. The summed E-state index contributed by atoms with van der Waals surface area (Å²) in [6.45, 7) is 4.48. The highest BCUT2D eigenvalue weighted by Crippen LogP contribution is 2.55. The predicted molar refractivity (Wildman–Crippen MR) is 154 cm³/mol. The summed E-state index contributed by atoms with van der Waals surface area (Å²) in [4.78, 5) is 45.5. The minimum Gasteiger partial charge on any atom is -0.359 e. The summed E-state index contributed by atoms with van der Waals surface area (Å²) in [6.07, 6.45) is 11.6. The number of rotatable bonds is 11. The molecule has 1 aromatic rings. The van der Waals surface area contributed by atoms with Crippen molar-refractivity contribution < 1.29 is 19.1 Å². The zero-order valence-corrected chi connectivity index (χ0v) is 24.6. The molecule has 9 heteroatoms. The first-order chi connectivity index (χ1) is 18.8. The number of amides is 3. The molecule has 2 saturated heterocycles. The average Bonchev–Trinajstić information content (AvgIpc) is 3.57. The van der Waals surface area contributed by atoms with Crippen molar-refractivity contribution in [2.24, 2.45) is 11.8 Å². The zero-order chi connectivity index (χ0) is 27.6. The number of benzene rings is 1. The van der Waals surface area contributed by atoms with Crippen molar-refractivity contribution in [2.75, 3.05) is 32.0 Å². The van der Waals surface area contributed by atoms with Crippen molar-refractivity contribution in [3.8, 4) is 0 Å². The maximum atomic E-state index is 14.1. The van der Waals surface area contributed by atoms with E-state index in [-0.39, 0.29) is 23.8 Å². The molecular weight excluding hydrogens is 560 g/mol. The van der Waals surface area contributed by atoms with Crippen molar-refractivity contribution in [1.29, 1.82) is 0 Å². The number of unbranched alkanes of at least 4 members (excludes halogenated alkanes) is 1. The monoisotopic (exact) mass is 600 g/mol. The molecule has 5 rings (SSSR count). The van der Waals surface area contributed by atoms with E-state index in [0.29, 0.717) is 12.2 Å². The van der Waals surface area contributed by atoms with Gasteiger partial charge in [0.2, 0.25) is 17.7 Å². The molecule has 8 nitrogen and oxygen atoms in total. The van der Waals surface area contributed by atoms with Crippen LogP contribution >= 0.6 is 15.9 Å². The molecule has 4 aliphatic rings. The van der Waals surface area contributed by atoms with Gasteiger partial charge in [0.1, 0.15) is 11.6 Å². The van der Waals surface area contributed by atoms with E-state index in [0.717, 1.165) is 62.5 Å². The van der Waals surface area contributed by atoms with Crippen molar-refractivity contribution in [2.45, 2.75) is 82.1 Å². The van der Waals surface area contributed by atoms with Gasteiger partial charge in [0.25, 0.3) is 0 Å². The van der Waals surface area contributed by atoms with Crippen LogP contribution in [0.3, 0.4) is 0 Å². The second-order valence-electron chi connectivity index (χ2n) is 11.6. The van der Waals surface area contributed by atoms with Crippen molar-refractivity contribution in [3.63, 3.8) is 0 Å². The predicted octanol–water partition coefficient (Wildman–Crippen LogP) is 4.11. The molecule has 0 aromatic heterocycles. The molecule has 3 fully saturated rings. The fourth-order valence-electron chi connectivity index (χ4n) is 6.84. The molecule has 1 saturated carbocycles. The number of anilines is 1. The smallest absolute Gasteiger partial charge is 0.246 e. The van der Waals surface area contributed by atoms with Gasteiger partial charge in [-0.1, -0.05) is 60.7 Å². The van der Waals surface area contributed by atoms with E-state index in [4.69, 9.17) is 4.74 Å². The number of nitrogens with one attached hydrogen (secondary N) is 2. The van der Waals surface area contributed by atoms with Gasteiger partial charge in [0.15, 0.2) is 0 Å². The first-order valence-corrected chi connectivity index (χ1v) is 15.4. The number of nitrogens with zero attached hydrogens (tertiary/aromatic N) is 2. The van der Waals surface area contributed by atoms with Crippen LogP contribution in [0, 0.1) is 11.8 Å². The summed E-state index contributed by atoms with van der Waals surface area (Å²) in [5, 5.41) is 6.23. The maximum Gasteiger partial charge on any atom is 0.246 e. The molecule has 0 radical (unpaired) electrons. The molecule has 1 aromatic carbocycles. The van der Waals surface area contributed by atoms with E-state index >= 15 is 0 Å². The summed E-state index contributed by atoms with van der Waals surface area (Å²) < 4.78 is 7.38. The van der Waals surface area contributed by atoms with Gasteiger partial charge in [0.05, 0.1) is 17.9 Å².